The lowest BCUT2D eigenvalue weighted by Crippen LogP contribution is -2.62. The summed E-state index contributed by atoms with van der Waals surface area (Å²) in [5.41, 5.74) is 0.683. The summed E-state index contributed by atoms with van der Waals surface area (Å²) in [6.07, 6.45) is 0.560. The van der Waals surface area contributed by atoms with E-state index in [1.54, 1.807) is 31.2 Å². The summed E-state index contributed by atoms with van der Waals surface area (Å²) in [7, 11) is 0. The summed E-state index contributed by atoms with van der Waals surface area (Å²) >= 11 is 12.8. The van der Waals surface area contributed by atoms with E-state index in [1.165, 1.54) is 26.8 Å². The van der Waals surface area contributed by atoms with Crippen LogP contribution in [0.5, 0.6) is 5.75 Å². The first-order valence-electron chi connectivity index (χ1n) is 15.1. The zero-order valence-electron chi connectivity index (χ0n) is 25.4. The lowest BCUT2D eigenvalue weighted by atomic mass is 10.0. The first kappa shape index (κ1) is 34.5. The largest absolute Gasteiger partial charge is 0.508 e. The van der Waals surface area contributed by atoms with E-state index in [0.717, 1.165) is 25.2 Å². The fraction of sp³-hybridized carbons (Fsp3) is 0.500. The van der Waals surface area contributed by atoms with E-state index in [0.29, 0.717) is 30.2 Å². The van der Waals surface area contributed by atoms with Crippen molar-refractivity contribution < 1.29 is 33.8 Å². The Kier molecular flexibility index (Phi) is 12.9. The molecular weight excluding hydrogens is 623 g/mol. The Bertz CT molecular complexity index is 1310. The van der Waals surface area contributed by atoms with Gasteiger partial charge in [-0.1, -0.05) is 47.5 Å². The van der Waals surface area contributed by atoms with Crippen LogP contribution in [0.2, 0.25) is 5.02 Å². The van der Waals surface area contributed by atoms with Gasteiger partial charge in [0, 0.05) is 44.2 Å². The number of hydrogen-bond acceptors (Lipinski definition) is 8. The molecule has 0 saturated carbocycles. The molecule has 0 radical (unpaired) electrons. The van der Waals surface area contributed by atoms with Crippen LogP contribution >= 0.6 is 23.2 Å². The van der Waals surface area contributed by atoms with E-state index in [2.05, 4.69) is 4.90 Å². The summed E-state index contributed by atoms with van der Waals surface area (Å²) in [5, 5.41) is 10.3. The smallest absolute Gasteiger partial charge is 0.325 e. The Balaban J connectivity index is 1.54. The number of carbonyl (C=O) groups excluding carboxylic acids is 4. The van der Waals surface area contributed by atoms with E-state index in [1.807, 2.05) is 12.1 Å². The van der Waals surface area contributed by atoms with Gasteiger partial charge >= 0.3 is 5.97 Å². The van der Waals surface area contributed by atoms with Crippen molar-refractivity contribution in [3.8, 4) is 5.75 Å². The minimum absolute atomic E-state index is 0.0439. The van der Waals surface area contributed by atoms with Crippen molar-refractivity contribution in [1.82, 2.24) is 19.6 Å². The SMILES string of the molecule is CCOC(=O)CN(Cc1ccc(O)cc1)C(=O)CC1C(=O)N(C(Cl)Cc2ccc(Cl)cc2)CC(=O)N1CCCN1CCOCC1. The van der Waals surface area contributed by atoms with Crippen LogP contribution in [-0.2, 0) is 41.6 Å². The van der Waals surface area contributed by atoms with Crippen LogP contribution in [0.3, 0.4) is 0 Å². The molecule has 2 unspecified atom stereocenters. The molecular formula is C32H40Cl2N4O7. The van der Waals surface area contributed by atoms with Gasteiger partial charge in [0.2, 0.25) is 17.7 Å². The second-order valence-electron chi connectivity index (χ2n) is 11.1. The third-order valence-corrected chi connectivity index (χ3v) is 8.50. The summed E-state index contributed by atoms with van der Waals surface area (Å²) in [4.78, 5) is 60.3. The van der Waals surface area contributed by atoms with Gasteiger partial charge in [-0.25, -0.2) is 0 Å². The highest BCUT2D eigenvalue weighted by atomic mass is 35.5. The topological polar surface area (TPSA) is 120 Å². The normalized spacial score (nSPS) is 18.2. The summed E-state index contributed by atoms with van der Waals surface area (Å²) in [5.74, 6) is -1.75. The van der Waals surface area contributed by atoms with Gasteiger partial charge in [0.05, 0.1) is 26.2 Å². The minimum atomic E-state index is -1.10. The second-order valence-corrected chi connectivity index (χ2v) is 12.0. The Morgan fingerprint density at radius 3 is 2.38 bits per heavy atom. The first-order chi connectivity index (χ1) is 21.6. The molecule has 0 aliphatic carbocycles. The molecule has 0 spiro atoms. The number of rotatable bonds is 14. The Morgan fingerprint density at radius 1 is 1.04 bits per heavy atom. The van der Waals surface area contributed by atoms with Gasteiger partial charge in [0.15, 0.2) is 0 Å². The maximum atomic E-state index is 14.0. The van der Waals surface area contributed by atoms with Gasteiger partial charge in [-0.2, -0.15) is 0 Å². The average Bonchev–Trinajstić information content (AvgIpc) is 3.02. The number of ether oxygens (including phenoxy) is 2. The molecule has 2 saturated heterocycles. The maximum Gasteiger partial charge on any atom is 0.325 e. The molecule has 2 heterocycles. The molecule has 3 amide bonds. The minimum Gasteiger partial charge on any atom is -0.508 e. The zero-order chi connectivity index (χ0) is 32.3. The van der Waals surface area contributed by atoms with E-state index in [9.17, 15) is 24.3 Å². The van der Waals surface area contributed by atoms with E-state index in [-0.39, 0.29) is 57.3 Å². The molecule has 4 rings (SSSR count). The average molecular weight is 664 g/mol. The number of alkyl halides is 1. The molecule has 244 valence electrons. The van der Waals surface area contributed by atoms with Crippen LogP contribution in [0.1, 0.15) is 30.9 Å². The fourth-order valence-electron chi connectivity index (χ4n) is 5.45. The number of halogens is 2. The number of hydrogen-bond donors (Lipinski definition) is 1. The number of benzene rings is 2. The molecule has 2 aromatic carbocycles. The third-order valence-electron chi connectivity index (χ3n) is 7.86. The van der Waals surface area contributed by atoms with Crippen molar-refractivity contribution in [2.75, 3.05) is 59.1 Å². The van der Waals surface area contributed by atoms with Crippen molar-refractivity contribution in [3.05, 3.63) is 64.7 Å². The van der Waals surface area contributed by atoms with E-state index in [4.69, 9.17) is 32.7 Å². The standard InChI is InChI=1S/C32H40Cl2N4O7/c1-2-45-31(42)22-36(20-24-6-10-26(39)11-7-24)29(40)19-27-32(43)38(28(34)18-23-4-8-25(33)9-5-23)21-30(41)37(27)13-3-12-35-14-16-44-17-15-35/h4-11,27-28,39H,2-3,12-22H2,1H3. The lowest BCUT2D eigenvalue weighted by molar-refractivity contribution is -0.159. The van der Waals surface area contributed by atoms with Crippen molar-refractivity contribution in [2.45, 2.75) is 44.3 Å². The van der Waals surface area contributed by atoms with Crippen LogP contribution < -0.4 is 0 Å². The quantitative estimate of drug-likeness (QED) is 0.186. The summed E-state index contributed by atoms with van der Waals surface area (Å²) < 4.78 is 10.5. The highest BCUT2D eigenvalue weighted by molar-refractivity contribution is 6.30. The molecule has 2 aliphatic heterocycles. The molecule has 13 heteroatoms. The Hall–Kier alpha value is -3.38. The van der Waals surface area contributed by atoms with Crippen LogP contribution in [0.25, 0.3) is 0 Å². The van der Waals surface area contributed by atoms with Gasteiger partial charge in [-0.3, -0.25) is 24.1 Å². The van der Waals surface area contributed by atoms with Crippen LogP contribution in [0, 0.1) is 0 Å². The molecule has 2 atom stereocenters. The molecule has 0 bridgehead atoms. The number of morpholine rings is 1. The zero-order valence-corrected chi connectivity index (χ0v) is 26.9. The second kappa shape index (κ2) is 16.8. The highest BCUT2D eigenvalue weighted by Crippen LogP contribution is 2.24. The highest BCUT2D eigenvalue weighted by Gasteiger charge is 2.43. The fourth-order valence-corrected chi connectivity index (χ4v) is 5.92. The molecule has 2 aliphatic rings. The van der Waals surface area contributed by atoms with Crippen molar-refractivity contribution >= 4 is 46.9 Å². The van der Waals surface area contributed by atoms with E-state index >= 15 is 0 Å². The van der Waals surface area contributed by atoms with Crippen molar-refractivity contribution in [3.63, 3.8) is 0 Å². The maximum absolute atomic E-state index is 14.0. The summed E-state index contributed by atoms with van der Waals surface area (Å²) in [6.45, 7) is 5.21. The van der Waals surface area contributed by atoms with Crippen LogP contribution in [0.4, 0.5) is 0 Å². The van der Waals surface area contributed by atoms with Gasteiger partial charge < -0.3 is 29.3 Å². The third kappa shape index (κ3) is 10.1. The number of phenols is 1. The van der Waals surface area contributed by atoms with Gasteiger partial charge in [-0.15, -0.1) is 0 Å². The molecule has 0 aromatic heterocycles. The summed E-state index contributed by atoms with van der Waals surface area (Å²) in [6, 6.07) is 12.2. The first-order valence-corrected chi connectivity index (χ1v) is 16.0. The van der Waals surface area contributed by atoms with Crippen LogP contribution in [0.15, 0.2) is 48.5 Å². The number of phenolic OH excluding ortho intramolecular Hbond substituents is 1. The predicted molar refractivity (Wildman–Crippen MR) is 169 cm³/mol. The molecule has 2 aromatic rings. The van der Waals surface area contributed by atoms with Gasteiger partial charge in [0.1, 0.15) is 30.4 Å². The van der Waals surface area contributed by atoms with E-state index < -0.39 is 29.3 Å². The lowest BCUT2D eigenvalue weighted by Gasteiger charge is -2.42. The number of nitrogens with zero attached hydrogens (tertiary/aromatic N) is 4. The van der Waals surface area contributed by atoms with Crippen LogP contribution in [-0.4, -0.2) is 119 Å². The number of esters is 1. The van der Waals surface area contributed by atoms with Crippen molar-refractivity contribution in [1.29, 1.82) is 0 Å². The van der Waals surface area contributed by atoms with Crippen molar-refractivity contribution in [2.24, 2.45) is 0 Å². The van der Waals surface area contributed by atoms with Gasteiger partial charge in [0.25, 0.3) is 0 Å². The molecule has 2 fully saturated rings. The molecule has 11 nitrogen and oxygen atoms in total. The number of aromatic hydroxyl groups is 1. The Morgan fingerprint density at radius 2 is 1.71 bits per heavy atom. The van der Waals surface area contributed by atoms with Gasteiger partial charge in [-0.05, 0) is 48.7 Å². The Labute approximate surface area is 273 Å². The molecule has 1 N–H and O–H groups in total. The molecule has 45 heavy (non-hydrogen) atoms. The predicted octanol–water partition coefficient (Wildman–Crippen LogP) is 2.90. The number of carbonyl (C=O) groups is 4. The monoisotopic (exact) mass is 662 g/mol. The number of piperazine rings is 1. The number of amides is 3.